The highest BCUT2D eigenvalue weighted by molar-refractivity contribution is 5.81. The lowest BCUT2D eigenvalue weighted by molar-refractivity contribution is -0.385. The first kappa shape index (κ1) is 16.9. The molecule has 0 atom stereocenters. The van der Waals surface area contributed by atoms with Crippen LogP contribution in [0.15, 0.2) is 30.3 Å². The lowest BCUT2D eigenvalue weighted by atomic mass is 10.1. The third-order valence-corrected chi connectivity index (χ3v) is 3.65. The van der Waals surface area contributed by atoms with Crippen LogP contribution in [0.2, 0.25) is 0 Å². The van der Waals surface area contributed by atoms with Crippen molar-refractivity contribution in [3.05, 3.63) is 46.0 Å². The van der Waals surface area contributed by atoms with E-state index in [1.807, 2.05) is 0 Å². The van der Waals surface area contributed by atoms with Crippen molar-refractivity contribution in [3.63, 3.8) is 0 Å². The van der Waals surface area contributed by atoms with Gasteiger partial charge < -0.3 is 15.2 Å². The van der Waals surface area contributed by atoms with Crippen LogP contribution in [0.4, 0.5) is 5.69 Å². The topological polar surface area (TPSA) is 154 Å². The molecule has 0 saturated heterocycles. The molecule has 0 bridgehead atoms. The van der Waals surface area contributed by atoms with Crippen LogP contribution in [-0.4, -0.2) is 52.8 Å². The summed E-state index contributed by atoms with van der Waals surface area (Å²) in [4.78, 5) is 11.3. The van der Waals surface area contributed by atoms with Crippen LogP contribution in [0.25, 0.3) is 22.1 Å². The summed E-state index contributed by atoms with van der Waals surface area (Å²) in [6.07, 6.45) is 0. The minimum atomic E-state index is -0.512. The van der Waals surface area contributed by atoms with Gasteiger partial charge in [0.1, 0.15) is 27.8 Å². The number of aromatic nitrogens is 6. The molecular weight excluding hydrogens is 346 g/mol. The van der Waals surface area contributed by atoms with E-state index in [4.69, 9.17) is 9.94 Å². The van der Waals surface area contributed by atoms with Crippen molar-refractivity contribution in [2.24, 2.45) is 0 Å². The summed E-state index contributed by atoms with van der Waals surface area (Å²) in [7, 11) is 1.56. The van der Waals surface area contributed by atoms with Crippen LogP contribution in [-0.2, 0) is 0 Å². The Morgan fingerprint density at radius 3 is 2.42 bits per heavy atom. The minimum Gasteiger partial charge on any atom is -0.497 e. The zero-order valence-corrected chi connectivity index (χ0v) is 13.6. The monoisotopic (exact) mass is 359 g/mol. The van der Waals surface area contributed by atoms with Gasteiger partial charge in [-0.25, -0.2) is 0 Å². The van der Waals surface area contributed by atoms with Crippen LogP contribution in [0, 0.1) is 17.0 Å². The number of benzene rings is 2. The molecule has 0 aliphatic carbocycles. The molecule has 2 aromatic carbocycles. The van der Waals surface area contributed by atoms with Crippen LogP contribution >= 0.6 is 0 Å². The average molecular weight is 359 g/mol. The molecule has 0 spiro atoms. The Morgan fingerprint density at radius 2 is 1.73 bits per heavy atom. The van der Waals surface area contributed by atoms with Gasteiger partial charge in [-0.15, -0.1) is 10.2 Å². The molecular formula is C14H13N7O5. The summed E-state index contributed by atoms with van der Waals surface area (Å²) in [6.45, 7) is 1.54. The molecule has 0 fully saturated rings. The molecule has 4 aromatic rings. The Hall–Kier alpha value is -3.96. The van der Waals surface area contributed by atoms with E-state index in [1.165, 1.54) is 19.1 Å². The molecule has 2 aromatic heterocycles. The van der Waals surface area contributed by atoms with E-state index in [1.54, 1.807) is 25.3 Å². The molecule has 0 aliphatic rings. The number of nitrogens with zero attached hydrogens (tertiary/aromatic N) is 7. The van der Waals surface area contributed by atoms with E-state index in [2.05, 4.69) is 20.6 Å². The Bertz CT molecular complexity index is 1100. The van der Waals surface area contributed by atoms with E-state index >= 15 is 0 Å². The molecule has 12 nitrogen and oxygen atoms in total. The Morgan fingerprint density at radius 1 is 1.08 bits per heavy atom. The largest absolute Gasteiger partial charge is 0.497 e. The van der Waals surface area contributed by atoms with Crippen LogP contribution in [0.5, 0.6) is 5.75 Å². The SMILES string of the molecule is COc1ccc2nnn(O)c2c1.Cc1c([N+](=O)[O-])ccc2nnn(O)c12. The molecule has 2 N–H and O–H groups in total. The fourth-order valence-corrected chi connectivity index (χ4v) is 2.36. The van der Waals surface area contributed by atoms with Gasteiger partial charge in [0.25, 0.3) is 5.69 Å². The second-order valence-electron chi connectivity index (χ2n) is 5.15. The van der Waals surface area contributed by atoms with Crippen LogP contribution in [0.3, 0.4) is 0 Å². The summed E-state index contributed by atoms with van der Waals surface area (Å²) in [5, 5.41) is 43.0. The molecule has 0 saturated carbocycles. The molecule has 12 heteroatoms. The van der Waals surface area contributed by atoms with Crippen molar-refractivity contribution < 1.29 is 20.1 Å². The van der Waals surface area contributed by atoms with E-state index in [0.29, 0.717) is 32.7 Å². The van der Waals surface area contributed by atoms with Crippen LogP contribution < -0.4 is 4.74 Å². The number of hydrogen-bond acceptors (Lipinski definition) is 9. The standard InChI is InChI=1S/C7H6N4O3.C7H7N3O2/c1-4-6(11(13)14)3-2-5-7(4)10(12)9-8-5;1-12-5-2-3-6-7(4-5)10(11)9-8-6/h2-3,12H,1H3;2-4,11H,1H3. The molecule has 4 rings (SSSR count). The highest BCUT2D eigenvalue weighted by Gasteiger charge is 2.17. The van der Waals surface area contributed by atoms with Gasteiger partial charge >= 0.3 is 0 Å². The third-order valence-electron chi connectivity index (χ3n) is 3.65. The van der Waals surface area contributed by atoms with Crippen molar-refractivity contribution >= 4 is 27.8 Å². The van der Waals surface area contributed by atoms with E-state index in [9.17, 15) is 15.3 Å². The minimum absolute atomic E-state index is 0.0601. The fourth-order valence-electron chi connectivity index (χ4n) is 2.36. The number of nitro groups is 1. The number of fused-ring (bicyclic) bond motifs is 2. The summed E-state index contributed by atoms with van der Waals surface area (Å²) in [6, 6.07) is 7.94. The lowest BCUT2D eigenvalue weighted by Crippen LogP contribution is -1.97. The summed E-state index contributed by atoms with van der Waals surface area (Å²) >= 11 is 0. The maximum absolute atomic E-state index is 10.6. The smallest absolute Gasteiger partial charge is 0.274 e. The first-order valence-corrected chi connectivity index (χ1v) is 7.19. The Balaban J connectivity index is 0.000000152. The predicted octanol–water partition coefficient (Wildman–Crippen LogP) is 1.56. The van der Waals surface area contributed by atoms with Crippen molar-refractivity contribution in [3.8, 4) is 5.75 Å². The van der Waals surface area contributed by atoms with Gasteiger partial charge in [0.15, 0.2) is 0 Å². The Labute approximate surface area is 144 Å². The number of nitro benzene ring substituents is 1. The van der Waals surface area contributed by atoms with Crippen molar-refractivity contribution in [1.29, 1.82) is 0 Å². The summed E-state index contributed by atoms with van der Waals surface area (Å²) < 4.78 is 4.97. The second kappa shape index (κ2) is 6.51. The van der Waals surface area contributed by atoms with E-state index in [-0.39, 0.29) is 11.2 Å². The zero-order chi connectivity index (χ0) is 18.8. The molecule has 0 amide bonds. The highest BCUT2D eigenvalue weighted by atomic mass is 16.6. The van der Waals surface area contributed by atoms with Gasteiger partial charge in [0.2, 0.25) is 0 Å². The summed E-state index contributed by atoms with van der Waals surface area (Å²) in [5.74, 6) is 0.667. The van der Waals surface area contributed by atoms with Gasteiger partial charge in [-0.05, 0) is 35.5 Å². The molecule has 0 unspecified atom stereocenters. The first-order chi connectivity index (χ1) is 12.4. The van der Waals surface area contributed by atoms with Gasteiger partial charge in [0.05, 0.1) is 17.6 Å². The molecule has 134 valence electrons. The van der Waals surface area contributed by atoms with Crippen molar-refractivity contribution in [1.82, 2.24) is 30.3 Å². The highest BCUT2D eigenvalue weighted by Crippen LogP contribution is 2.24. The lowest BCUT2D eigenvalue weighted by Gasteiger charge is -1.97. The molecule has 2 heterocycles. The van der Waals surface area contributed by atoms with Gasteiger partial charge in [-0.1, -0.05) is 9.69 Å². The molecule has 0 radical (unpaired) electrons. The zero-order valence-electron chi connectivity index (χ0n) is 13.6. The van der Waals surface area contributed by atoms with Gasteiger partial charge in [-0.3, -0.25) is 10.1 Å². The number of aryl methyl sites for hydroxylation is 1. The maximum atomic E-state index is 10.6. The number of rotatable bonds is 2. The first-order valence-electron chi connectivity index (χ1n) is 7.19. The van der Waals surface area contributed by atoms with Gasteiger partial charge in [-0.2, -0.15) is 0 Å². The number of ether oxygens (including phenoxy) is 1. The number of hydrogen-bond donors (Lipinski definition) is 2. The fraction of sp³-hybridized carbons (Fsp3) is 0.143. The molecule has 0 aliphatic heterocycles. The second-order valence-corrected chi connectivity index (χ2v) is 5.15. The quantitative estimate of drug-likeness (QED) is 0.308. The van der Waals surface area contributed by atoms with Crippen molar-refractivity contribution in [2.75, 3.05) is 7.11 Å². The van der Waals surface area contributed by atoms with Crippen molar-refractivity contribution in [2.45, 2.75) is 6.92 Å². The molecule has 26 heavy (non-hydrogen) atoms. The maximum Gasteiger partial charge on any atom is 0.274 e. The normalized spacial score (nSPS) is 10.5. The van der Waals surface area contributed by atoms with E-state index < -0.39 is 4.92 Å². The predicted molar refractivity (Wildman–Crippen MR) is 87.4 cm³/mol. The van der Waals surface area contributed by atoms with Gasteiger partial charge in [0, 0.05) is 12.1 Å². The van der Waals surface area contributed by atoms with E-state index in [0.717, 1.165) is 4.85 Å². The van der Waals surface area contributed by atoms with Crippen LogP contribution in [0.1, 0.15) is 5.56 Å². The number of methoxy groups -OCH3 is 1. The average Bonchev–Trinajstić information content (AvgIpc) is 3.19. The third kappa shape index (κ3) is 2.90. The summed E-state index contributed by atoms with van der Waals surface area (Å²) in [5.41, 5.74) is 2.15. The Kier molecular flexibility index (Phi) is 4.22.